The molecule has 1 aromatic heterocycles. The van der Waals surface area contributed by atoms with E-state index in [1.54, 1.807) is 0 Å². The third-order valence-electron chi connectivity index (χ3n) is 3.28. The lowest BCUT2D eigenvalue weighted by molar-refractivity contribution is 1.36. The zero-order valence-corrected chi connectivity index (χ0v) is 13.1. The number of benzene rings is 2. The molecule has 0 fully saturated rings. The van der Waals surface area contributed by atoms with Crippen LogP contribution in [0.5, 0.6) is 0 Å². The second-order valence-electron chi connectivity index (χ2n) is 4.50. The average molecular weight is 342 g/mol. The van der Waals surface area contributed by atoms with Gasteiger partial charge in [-0.15, -0.1) is 0 Å². The van der Waals surface area contributed by atoms with Crippen molar-refractivity contribution in [3.8, 4) is 11.1 Å². The summed E-state index contributed by atoms with van der Waals surface area (Å²) in [6.45, 7) is 3.91. The summed E-state index contributed by atoms with van der Waals surface area (Å²) in [7, 11) is 0. The van der Waals surface area contributed by atoms with Crippen LogP contribution in [0.2, 0.25) is 0 Å². The van der Waals surface area contributed by atoms with Crippen LogP contribution < -0.4 is 0 Å². The van der Waals surface area contributed by atoms with Crippen LogP contribution in [0.1, 0.15) is 5.56 Å². The SMILES string of the molecule is C=Cc1c(-c2ccccc2)c2cc(Br)ccc2[nH]c1=S. The Hall–Kier alpha value is -1.71. The second kappa shape index (κ2) is 5.35. The summed E-state index contributed by atoms with van der Waals surface area (Å²) in [4.78, 5) is 3.27. The minimum Gasteiger partial charge on any atom is -0.346 e. The molecule has 0 unspecified atom stereocenters. The first-order chi connectivity index (χ1) is 9.70. The van der Waals surface area contributed by atoms with Crippen molar-refractivity contribution in [2.75, 3.05) is 0 Å². The van der Waals surface area contributed by atoms with E-state index in [4.69, 9.17) is 12.2 Å². The molecule has 0 aliphatic carbocycles. The van der Waals surface area contributed by atoms with Gasteiger partial charge in [-0.1, -0.05) is 71.1 Å². The topological polar surface area (TPSA) is 15.8 Å². The van der Waals surface area contributed by atoms with Gasteiger partial charge < -0.3 is 4.98 Å². The fraction of sp³-hybridized carbons (Fsp3) is 0. The van der Waals surface area contributed by atoms with Gasteiger partial charge in [-0.25, -0.2) is 0 Å². The van der Waals surface area contributed by atoms with Crippen molar-refractivity contribution < 1.29 is 0 Å². The number of aromatic nitrogens is 1. The Morgan fingerprint density at radius 3 is 2.55 bits per heavy atom. The Morgan fingerprint density at radius 2 is 1.85 bits per heavy atom. The molecule has 0 saturated carbocycles. The fourth-order valence-corrected chi connectivity index (χ4v) is 3.05. The lowest BCUT2D eigenvalue weighted by Crippen LogP contribution is -1.91. The van der Waals surface area contributed by atoms with Gasteiger partial charge in [-0.2, -0.15) is 0 Å². The molecule has 0 radical (unpaired) electrons. The molecule has 0 saturated heterocycles. The predicted octanol–water partition coefficient (Wildman–Crippen LogP) is 5.97. The molecule has 3 heteroatoms. The van der Waals surface area contributed by atoms with Crippen LogP contribution in [-0.4, -0.2) is 4.98 Å². The second-order valence-corrected chi connectivity index (χ2v) is 5.83. The third-order valence-corrected chi connectivity index (χ3v) is 4.09. The first kappa shape index (κ1) is 13.3. The van der Waals surface area contributed by atoms with Crippen LogP contribution in [0.3, 0.4) is 0 Å². The molecule has 1 N–H and O–H groups in total. The first-order valence-electron chi connectivity index (χ1n) is 6.24. The van der Waals surface area contributed by atoms with Crippen LogP contribution in [0.15, 0.2) is 59.6 Å². The maximum Gasteiger partial charge on any atom is 0.111 e. The number of hydrogen-bond acceptors (Lipinski definition) is 1. The van der Waals surface area contributed by atoms with Gasteiger partial charge in [-0.05, 0) is 23.8 Å². The highest BCUT2D eigenvalue weighted by Gasteiger charge is 2.10. The Bertz CT molecular complexity index is 850. The van der Waals surface area contributed by atoms with E-state index < -0.39 is 0 Å². The number of halogens is 1. The van der Waals surface area contributed by atoms with E-state index in [9.17, 15) is 0 Å². The molecule has 3 rings (SSSR count). The number of nitrogens with one attached hydrogen (secondary N) is 1. The van der Waals surface area contributed by atoms with Crippen LogP contribution in [0.25, 0.3) is 28.1 Å². The van der Waals surface area contributed by atoms with Crippen molar-refractivity contribution in [2.24, 2.45) is 0 Å². The van der Waals surface area contributed by atoms with Gasteiger partial charge in [0.25, 0.3) is 0 Å². The van der Waals surface area contributed by atoms with Gasteiger partial charge in [-0.3, -0.25) is 0 Å². The Balaban J connectivity index is 2.52. The summed E-state index contributed by atoms with van der Waals surface area (Å²) in [6.07, 6.45) is 1.82. The number of aromatic amines is 1. The third kappa shape index (κ3) is 2.23. The number of fused-ring (bicyclic) bond motifs is 1. The van der Waals surface area contributed by atoms with Crippen molar-refractivity contribution in [1.29, 1.82) is 0 Å². The summed E-state index contributed by atoms with van der Waals surface area (Å²) in [6, 6.07) is 16.4. The molecule has 0 aliphatic heterocycles. The van der Waals surface area contributed by atoms with Gasteiger partial charge in [0.15, 0.2) is 0 Å². The van der Waals surface area contributed by atoms with E-state index in [-0.39, 0.29) is 0 Å². The van der Waals surface area contributed by atoms with Crippen molar-refractivity contribution in [2.45, 2.75) is 0 Å². The lowest BCUT2D eigenvalue weighted by Gasteiger charge is -2.12. The zero-order valence-electron chi connectivity index (χ0n) is 10.7. The Labute approximate surface area is 131 Å². The van der Waals surface area contributed by atoms with E-state index in [0.29, 0.717) is 4.64 Å². The fourth-order valence-electron chi connectivity index (χ4n) is 2.39. The molecule has 98 valence electrons. The maximum atomic E-state index is 5.46. The molecule has 0 spiro atoms. The smallest absolute Gasteiger partial charge is 0.111 e. The molecule has 3 aromatic rings. The quantitative estimate of drug-likeness (QED) is 0.567. The van der Waals surface area contributed by atoms with Crippen LogP contribution in [0, 0.1) is 4.64 Å². The highest BCUT2D eigenvalue weighted by molar-refractivity contribution is 9.10. The van der Waals surface area contributed by atoms with Crippen molar-refractivity contribution in [1.82, 2.24) is 4.98 Å². The van der Waals surface area contributed by atoms with E-state index in [1.807, 2.05) is 36.4 Å². The van der Waals surface area contributed by atoms with Gasteiger partial charge in [0.05, 0.1) is 0 Å². The highest BCUT2D eigenvalue weighted by Crippen LogP contribution is 2.33. The summed E-state index contributed by atoms with van der Waals surface area (Å²) in [5.41, 5.74) is 4.27. The van der Waals surface area contributed by atoms with Gasteiger partial charge >= 0.3 is 0 Å². The van der Waals surface area contributed by atoms with Crippen LogP contribution >= 0.6 is 28.1 Å². The average Bonchev–Trinajstić information content (AvgIpc) is 2.47. The minimum absolute atomic E-state index is 0.716. The van der Waals surface area contributed by atoms with Crippen molar-refractivity contribution in [3.63, 3.8) is 0 Å². The van der Waals surface area contributed by atoms with E-state index in [0.717, 1.165) is 32.1 Å². The molecule has 1 nitrogen and oxygen atoms in total. The van der Waals surface area contributed by atoms with E-state index >= 15 is 0 Å². The predicted molar refractivity (Wildman–Crippen MR) is 92.4 cm³/mol. The maximum absolute atomic E-state index is 5.46. The van der Waals surface area contributed by atoms with Crippen LogP contribution in [0.4, 0.5) is 0 Å². The highest BCUT2D eigenvalue weighted by atomic mass is 79.9. The summed E-state index contributed by atoms with van der Waals surface area (Å²) >= 11 is 9.00. The monoisotopic (exact) mass is 341 g/mol. The Morgan fingerprint density at radius 1 is 1.10 bits per heavy atom. The first-order valence-corrected chi connectivity index (χ1v) is 7.44. The largest absolute Gasteiger partial charge is 0.346 e. The van der Waals surface area contributed by atoms with E-state index in [2.05, 4.69) is 45.7 Å². The molecule has 0 amide bonds. The van der Waals surface area contributed by atoms with Crippen molar-refractivity contribution in [3.05, 3.63) is 69.8 Å². The Kier molecular flexibility index (Phi) is 3.55. The number of pyridine rings is 1. The summed E-state index contributed by atoms with van der Waals surface area (Å²) in [5, 5.41) is 1.13. The summed E-state index contributed by atoms with van der Waals surface area (Å²) in [5.74, 6) is 0. The van der Waals surface area contributed by atoms with Crippen molar-refractivity contribution >= 4 is 45.1 Å². The molecular weight excluding hydrogens is 330 g/mol. The normalized spacial score (nSPS) is 10.7. The van der Waals surface area contributed by atoms with Gasteiger partial charge in [0.1, 0.15) is 4.64 Å². The molecule has 1 heterocycles. The zero-order chi connectivity index (χ0) is 14.1. The van der Waals surface area contributed by atoms with Crippen LogP contribution in [-0.2, 0) is 0 Å². The number of rotatable bonds is 2. The minimum atomic E-state index is 0.716. The molecule has 0 atom stereocenters. The van der Waals surface area contributed by atoms with Gasteiger partial charge in [0.2, 0.25) is 0 Å². The molecule has 0 aliphatic rings. The van der Waals surface area contributed by atoms with E-state index in [1.165, 1.54) is 0 Å². The molecule has 20 heavy (non-hydrogen) atoms. The standard InChI is InChI=1S/C17H12BrNS/c1-2-13-16(11-6-4-3-5-7-11)14-10-12(18)8-9-15(14)19-17(13)20/h2-10H,1H2,(H,19,20). The molecular formula is C17H12BrNS. The number of hydrogen-bond donors (Lipinski definition) is 1. The number of H-pyrrole nitrogens is 1. The molecule has 0 bridgehead atoms. The lowest BCUT2D eigenvalue weighted by atomic mass is 9.96. The summed E-state index contributed by atoms with van der Waals surface area (Å²) < 4.78 is 1.76. The van der Waals surface area contributed by atoms with Gasteiger partial charge in [0, 0.05) is 26.5 Å². The molecule has 2 aromatic carbocycles.